The van der Waals surface area contributed by atoms with Gasteiger partial charge in [-0.2, -0.15) is 0 Å². The monoisotopic (exact) mass is 262 g/mol. The van der Waals surface area contributed by atoms with Gasteiger partial charge in [0.05, 0.1) is 6.61 Å². The summed E-state index contributed by atoms with van der Waals surface area (Å²) in [7, 11) is 1.75. The minimum absolute atomic E-state index is 0.0983. The molecule has 1 heterocycles. The molecule has 0 saturated heterocycles. The molecule has 2 rings (SSSR count). The fourth-order valence-electron chi connectivity index (χ4n) is 2.33. The van der Waals surface area contributed by atoms with Crippen molar-refractivity contribution in [1.29, 1.82) is 0 Å². The van der Waals surface area contributed by atoms with Gasteiger partial charge >= 0.3 is 5.97 Å². The molecular formula is C14H18N2O3. The lowest BCUT2D eigenvalue weighted by Crippen LogP contribution is -2.25. The Balaban J connectivity index is 2.48. The summed E-state index contributed by atoms with van der Waals surface area (Å²) in [5.74, 6) is -0.928. The van der Waals surface area contributed by atoms with E-state index in [1.54, 1.807) is 17.7 Å². The Kier molecular flexibility index (Phi) is 3.76. The van der Waals surface area contributed by atoms with Crippen LogP contribution >= 0.6 is 0 Å². The fraction of sp³-hybridized carbons (Fsp3) is 0.357. The number of hydrogen-bond donors (Lipinski definition) is 2. The van der Waals surface area contributed by atoms with Gasteiger partial charge in [-0.3, -0.25) is 0 Å². The van der Waals surface area contributed by atoms with E-state index in [0.717, 1.165) is 23.1 Å². The Hall–Kier alpha value is -2.01. The van der Waals surface area contributed by atoms with E-state index < -0.39 is 5.97 Å². The lowest BCUT2D eigenvalue weighted by atomic mass is 10.2. The van der Waals surface area contributed by atoms with Crippen molar-refractivity contribution in [3.05, 3.63) is 30.0 Å². The van der Waals surface area contributed by atoms with Crippen LogP contribution in [0.25, 0.3) is 10.9 Å². The Morgan fingerprint density at radius 3 is 2.68 bits per heavy atom. The van der Waals surface area contributed by atoms with Crippen LogP contribution in [0.4, 0.5) is 5.69 Å². The van der Waals surface area contributed by atoms with Crippen molar-refractivity contribution >= 4 is 22.6 Å². The largest absolute Gasteiger partial charge is 0.477 e. The van der Waals surface area contributed by atoms with Gasteiger partial charge in [0, 0.05) is 36.7 Å². The molecule has 1 aromatic heterocycles. The minimum Gasteiger partial charge on any atom is -0.477 e. The van der Waals surface area contributed by atoms with Crippen LogP contribution in [-0.4, -0.2) is 40.4 Å². The zero-order valence-corrected chi connectivity index (χ0v) is 11.1. The van der Waals surface area contributed by atoms with E-state index in [1.807, 2.05) is 30.0 Å². The number of fused-ring (bicyclic) bond motifs is 1. The molecule has 19 heavy (non-hydrogen) atoms. The average Bonchev–Trinajstić information content (AvgIpc) is 2.73. The summed E-state index contributed by atoms with van der Waals surface area (Å²) in [6.07, 6.45) is 0. The number of nitrogens with zero attached hydrogens (tertiary/aromatic N) is 2. The van der Waals surface area contributed by atoms with Crippen molar-refractivity contribution in [2.45, 2.75) is 6.92 Å². The third-order valence-corrected chi connectivity index (χ3v) is 3.36. The fourth-order valence-corrected chi connectivity index (χ4v) is 2.33. The second kappa shape index (κ2) is 5.32. The summed E-state index contributed by atoms with van der Waals surface area (Å²) >= 11 is 0. The van der Waals surface area contributed by atoms with E-state index in [-0.39, 0.29) is 12.3 Å². The molecule has 0 aliphatic carbocycles. The molecule has 102 valence electrons. The highest BCUT2D eigenvalue weighted by atomic mass is 16.4. The van der Waals surface area contributed by atoms with Gasteiger partial charge in [0.15, 0.2) is 0 Å². The van der Waals surface area contributed by atoms with Gasteiger partial charge in [0.1, 0.15) is 5.69 Å². The number of carboxylic acids is 1. The molecule has 2 aromatic rings. The first-order chi connectivity index (χ1) is 9.08. The van der Waals surface area contributed by atoms with Crippen molar-refractivity contribution in [1.82, 2.24) is 4.57 Å². The minimum atomic E-state index is -0.928. The molecule has 5 heteroatoms. The Morgan fingerprint density at radius 2 is 2.11 bits per heavy atom. The van der Waals surface area contributed by atoms with Crippen LogP contribution in [0.3, 0.4) is 0 Å². The quantitative estimate of drug-likeness (QED) is 0.860. The number of carbonyl (C=O) groups is 1. The van der Waals surface area contributed by atoms with Crippen LogP contribution in [0.2, 0.25) is 0 Å². The highest BCUT2D eigenvalue weighted by Crippen LogP contribution is 2.24. The normalized spacial score (nSPS) is 10.9. The number of benzene rings is 1. The zero-order chi connectivity index (χ0) is 14.0. The summed E-state index contributed by atoms with van der Waals surface area (Å²) in [5, 5.41) is 19.0. The summed E-state index contributed by atoms with van der Waals surface area (Å²) in [6.45, 7) is 3.49. The molecule has 0 spiro atoms. The molecule has 0 amide bonds. The van der Waals surface area contributed by atoms with E-state index >= 15 is 0 Å². The number of aryl methyl sites for hydroxylation is 1. The van der Waals surface area contributed by atoms with Gasteiger partial charge < -0.3 is 19.7 Å². The number of carboxylic acid groups (broad SMARTS) is 1. The average molecular weight is 262 g/mol. The lowest BCUT2D eigenvalue weighted by Gasteiger charge is -2.22. The van der Waals surface area contributed by atoms with Crippen LogP contribution in [0.5, 0.6) is 0 Å². The molecular weight excluding hydrogens is 244 g/mol. The smallest absolute Gasteiger partial charge is 0.352 e. The highest BCUT2D eigenvalue weighted by Gasteiger charge is 2.13. The Bertz CT molecular complexity index is 604. The molecule has 0 radical (unpaired) electrons. The number of anilines is 1. The maximum Gasteiger partial charge on any atom is 0.352 e. The molecule has 5 nitrogen and oxygen atoms in total. The van der Waals surface area contributed by atoms with Gasteiger partial charge in [-0.05, 0) is 31.2 Å². The molecule has 0 bridgehead atoms. The second-order valence-electron chi connectivity index (χ2n) is 4.44. The topological polar surface area (TPSA) is 65.7 Å². The molecule has 0 atom stereocenters. The maximum absolute atomic E-state index is 11.1. The van der Waals surface area contributed by atoms with Crippen LogP contribution < -0.4 is 4.90 Å². The predicted molar refractivity (Wildman–Crippen MR) is 74.9 cm³/mol. The van der Waals surface area contributed by atoms with Gasteiger partial charge in [-0.25, -0.2) is 4.79 Å². The van der Waals surface area contributed by atoms with Crippen molar-refractivity contribution in [2.24, 2.45) is 7.05 Å². The van der Waals surface area contributed by atoms with E-state index in [0.29, 0.717) is 6.54 Å². The molecule has 2 N–H and O–H groups in total. The molecule has 0 saturated carbocycles. The highest BCUT2D eigenvalue weighted by molar-refractivity contribution is 5.95. The third-order valence-electron chi connectivity index (χ3n) is 3.36. The van der Waals surface area contributed by atoms with Crippen LogP contribution in [0, 0.1) is 0 Å². The maximum atomic E-state index is 11.1. The second-order valence-corrected chi connectivity index (χ2v) is 4.44. The number of hydrogen-bond acceptors (Lipinski definition) is 3. The third kappa shape index (κ3) is 2.42. The summed E-state index contributed by atoms with van der Waals surface area (Å²) < 4.78 is 1.67. The van der Waals surface area contributed by atoms with E-state index in [4.69, 9.17) is 10.2 Å². The van der Waals surface area contributed by atoms with E-state index in [1.165, 1.54) is 0 Å². The first-order valence-corrected chi connectivity index (χ1v) is 6.27. The number of aromatic nitrogens is 1. The predicted octanol–water partition coefficient (Wildman–Crippen LogP) is 1.70. The number of likely N-dealkylation sites (N-methyl/N-ethyl adjacent to an activating group) is 1. The van der Waals surface area contributed by atoms with Crippen molar-refractivity contribution in [3.8, 4) is 0 Å². The van der Waals surface area contributed by atoms with Crippen molar-refractivity contribution < 1.29 is 15.0 Å². The van der Waals surface area contributed by atoms with Crippen molar-refractivity contribution in [3.63, 3.8) is 0 Å². The first-order valence-electron chi connectivity index (χ1n) is 6.27. The van der Waals surface area contributed by atoms with Crippen LogP contribution in [0.1, 0.15) is 17.4 Å². The Morgan fingerprint density at radius 1 is 1.37 bits per heavy atom. The van der Waals surface area contributed by atoms with Gasteiger partial charge in [0.2, 0.25) is 0 Å². The number of aliphatic hydroxyl groups is 1. The molecule has 1 aromatic carbocycles. The van der Waals surface area contributed by atoms with Crippen LogP contribution in [-0.2, 0) is 7.05 Å². The molecule has 0 aliphatic rings. The van der Waals surface area contributed by atoms with Gasteiger partial charge in [-0.15, -0.1) is 0 Å². The van der Waals surface area contributed by atoms with E-state index in [9.17, 15) is 4.79 Å². The SMILES string of the molecule is CCN(CCO)c1ccc2c(c1)cc(C(=O)O)n2C. The lowest BCUT2D eigenvalue weighted by molar-refractivity contribution is 0.0687. The number of aliphatic hydroxyl groups excluding tert-OH is 1. The summed E-state index contributed by atoms with van der Waals surface area (Å²) in [5.41, 5.74) is 2.16. The van der Waals surface area contributed by atoms with Gasteiger partial charge in [-0.1, -0.05) is 0 Å². The standard InChI is InChI=1S/C14H18N2O3/c1-3-16(6-7-17)11-4-5-12-10(8-11)9-13(14(18)19)15(12)2/h4-5,8-9,17H,3,6-7H2,1-2H3,(H,18,19). The van der Waals surface area contributed by atoms with Crippen LogP contribution in [0.15, 0.2) is 24.3 Å². The first kappa shape index (κ1) is 13.4. The van der Waals surface area contributed by atoms with E-state index in [2.05, 4.69) is 0 Å². The summed E-state index contributed by atoms with van der Waals surface area (Å²) in [6, 6.07) is 7.50. The Labute approximate surface area is 111 Å². The zero-order valence-electron chi connectivity index (χ0n) is 11.1. The number of aromatic carboxylic acids is 1. The summed E-state index contributed by atoms with van der Waals surface area (Å²) in [4.78, 5) is 13.2. The number of rotatable bonds is 5. The van der Waals surface area contributed by atoms with Gasteiger partial charge in [0.25, 0.3) is 0 Å². The van der Waals surface area contributed by atoms with Crippen molar-refractivity contribution in [2.75, 3.05) is 24.6 Å². The molecule has 0 aliphatic heterocycles. The molecule has 0 unspecified atom stereocenters. The molecule has 0 fully saturated rings.